The molecule has 1 aliphatic heterocycles. The monoisotopic (exact) mass is 434 g/mol. The Bertz CT molecular complexity index is 999. The van der Waals surface area contributed by atoms with Crippen LogP contribution in [0.25, 0.3) is 5.65 Å². The SMILES string of the molecule is O=C(c1cc(Br)c2nncn2c1)N1CCC(Cc2ccc(F)cc2F)CC1. The topological polar surface area (TPSA) is 50.5 Å². The van der Waals surface area contributed by atoms with Crippen molar-refractivity contribution in [2.45, 2.75) is 19.3 Å². The van der Waals surface area contributed by atoms with E-state index in [-0.39, 0.29) is 11.8 Å². The van der Waals surface area contributed by atoms with Gasteiger partial charge in [0.2, 0.25) is 0 Å². The van der Waals surface area contributed by atoms with Crippen molar-refractivity contribution in [3.05, 3.63) is 64.0 Å². The summed E-state index contributed by atoms with van der Waals surface area (Å²) in [5, 5.41) is 7.82. The van der Waals surface area contributed by atoms with Crippen LogP contribution < -0.4 is 0 Å². The van der Waals surface area contributed by atoms with Crippen molar-refractivity contribution in [3.63, 3.8) is 0 Å². The van der Waals surface area contributed by atoms with Gasteiger partial charge in [-0.2, -0.15) is 0 Å². The van der Waals surface area contributed by atoms with E-state index in [2.05, 4.69) is 26.1 Å². The van der Waals surface area contributed by atoms with Crippen LogP contribution in [0.2, 0.25) is 0 Å². The number of nitrogens with zero attached hydrogens (tertiary/aromatic N) is 4. The summed E-state index contributed by atoms with van der Waals surface area (Å²) in [5.41, 5.74) is 1.76. The highest BCUT2D eigenvalue weighted by Crippen LogP contribution is 2.25. The normalized spacial score (nSPS) is 15.4. The molecule has 140 valence electrons. The van der Waals surface area contributed by atoms with Crippen molar-refractivity contribution in [2.75, 3.05) is 13.1 Å². The van der Waals surface area contributed by atoms with Crippen LogP contribution in [0, 0.1) is 17.6 Å². The maximum absolute atomic E-state index is 13.8. The molecule has 3 aromatic rings. The van der Waals surface area contributed by atoms with Crippen LogP contribution in [0.3, 0.4) is 0 Å². The van der Waals surface area contributed by atoms with E-state index in [1.807, 2.05) is 4.90 Å². The van der Waals surface area contributed by atoms with Gasteiger partial charge in [-0.3, -0.25) is 9.20 Å². The molecule has 0 aliphatic carbocycles. The molecule has 1 aromatic carbocycles. The quantitative estimate of drug-likeness (QED) is 0.628. The van der Waals surface area contributed by atoms with Crippen molar-refractivity contribution in [2.24, 2.45) is 5.92 Å². The molecule has 3 heterocycles. The lowest BCUT2D eigenvalue weighted by Gasteiger charge is -2.32. The predicted octanol–water partition coefficient (Wildman–Crippen LogP) is 3.86. The number of hydrogen-bond donors (Lipinski definition) is 0. The van der Waals surface area contributed by atoms with Gasteiger partial charge in [0.05, 0.1) is 10.0 Å². The molecule has 0 N–H and O–H groups in total. The predicted molar refractivity (Wildman–Crippen MR) is 99.4 cm³/mol. The fraction of sp³-hybridized carbons (Fsp3) is 0.316. The minimum absolute atomic E-state index is 0.0438. The molecule has 0 spiro atoms. The second-order valence-electron chi connectivity index (χ2n) is 6.81. The van der Waals surface area contributed by atoms with E-state index in [0.717, 1.165) is 18.9 Å². The summed E-state index contributed by atoms with van der Waals surface area (Å²) in [4.78, 5) is 14.6. The lowest BCUT2D eigenvalue weighted by atomic mass is 9.89. The van der Waals surface area contributed by atoms with Crippen molar-refractivity contribution >= 4 is 27.5 Å². The van der Waals surface area contributed by atoms with Crippen LogP contribution in [-0.4, -0.2) is 38.5 Å². The lowest BCUT2D eigenvalue weighted by Crippen LogP contribution is -2.39. The Morgan fingerprint density at radius 1 is 1.22 bits per heavy atom. The third kappa shape index (κ3) is 3.71. The van der Waals surface area contributed by atoms with Gasteiger partial charge in [0.25, 0.3) is 5.91 Å². The van der Waals surface area contributed by atoms with E-state index in [0.29, 0.717) is 40.8 Å². The van der Waals surface area contributed by atoms with E-state index < -0.39 is 11.6 Å². The van der Waals surface area contributed by atoms with Gasteiger partial charge in [0, 0.05) is 25.4 Å². The third-order valence-corrected chi connectivity index (χ3v) is 5.60. The molecule has 0 unspecified atom stereocenters. The van der Waals surface area contributed by atoms with Crippen LogP contribution in [-0.2, 0) is 6.42 Å². The number of hydrogen-bond acceptors (Lipinski definition) is 3. The Balaban J connectivity index is 1.41. The van der Waals surface area contributed by atoms with Gasteiger partial charge in [-0.25, -0.2) is 8.78 Å². The number of piperidine rings is 1. The molecule has 0 saturated carbocycles. The molecule has 27 heavy (non-hydrogen) atoms. The molecular formula is C19H17BrF2N4O. The first kappa shape index (κ1) is 18.0. The summed E-state index contributed by atoms with van der Waals surface area (Å²) in [6.07, 6.45) is 5.42. The minimum Gasteiger partial charge on any atom is -0.339 e. The zero-order chi connectivity index (χ0) is 19.0. The summed E-state index contributed by atoms with van der Waals surface area (Å²) in [6, 6.07) is 5.48. The highest BCUT2D eigenvalue weighted by molar-refractivity contribution is 9.10. The van der Waals surface area contributed by atoms with Gasteiger partial charge in [-0.05, 0) is 58.8 Å². The first-order valence-corrected chi connectivity index (χ1v) is 9.52. The maximum atomic E-state index is 13.8. The van der Waals surface area contributed by atoms with Crippen molar-refractivity contribution in [3.8, 4) is 0 Å². The molecule has 1 saturated heterocycles. The van der Waals surface area contributed by atoms with Gasteiger partial charge < -0.3 is 4.90 Å². The largest absolute Gasteiger partial charge is 0.339 e. The Kier molecular flexibility index (Phi) is 4.90. The van der Waals surface area contributed by atoms with E-state index in [9.17, 15) is 13.6 Å². The highest BCUT2D eigenvalue weighted by Gasteiger charge is 2.25. The Labute approximate surface area is 163 Å². The second-order valence-corrected chi connectivity index (χ2v) is 7.67. The van der Waals surface area contributed by atoms with Gasteiger partial charge in [0.15, 0.2) is 5.65 Å². The van der Waals surface area contributed by atoms with Crippen molar-refractivity contribution in [1.29, 1.82) is 0 Å². The molecule has 4 rings (SSSR count). The van der Waals surface area contributed by atoms with Crippen molar-refractivity contribution < 1.29 is 13.6 Å². The smallest absolute Gasteiger partial charge is 0.255 e. The average Bonchev–Trinajstić information content (AvgIpc) is 3.13. The molecule has 1 amide bonds. The molecule has 0 radical (unpaired) electrons. The van der Waals surface area contributed by atoms with Crippen LogP contribution in [0.4, 0.5) is 8.78 Å². The number of halogens is 3. The fourth-order valence-corrected chi connectivity index (χ4v) is 4.06. The molecule has 5 nitrogen and oxygen atoms in total. The number of benzene rings is 1. The van der Waals surface area contributed by atoms with Crippen LogP contribution in [0.5, 0.6) is 0 Å². The van der Waals surface area contributed by atoms with E-state index >= 15 is 0 Å². The molecule has 1 fully saturated rings. The Hall–Kier alpha value is -2.35. The number of aromatic nitrogens is 3. The van der Waals surface area contributed by atoms with Crippen molar-refractivity contribution in [1.82, 2.24) is 19.5 Å². The Morgan fingerprint density at radius 3 is 2.74 bits per heavy atom. The molecule has 8 heteroatoms. The van der Waals surface area contributed by atoms with Gasteiger partial charge in [-0.15, -0.1) is 10.2 Å². The number of amides is 1. The van der Waals surface area contributed by atoms with E-state index in [4.69, 9.17) is 0 Å². The third-order valence-electron chi connectivity index (χ3n) is 5.02. The van der Waals surface area contributed by atoms with Crippen LogP contribution in [0.15, 0.2) is 41.3 Å². The summed E-state index contributed by atoms with van der Waals surface area (Å²) in [6.45, 7) is 1.23. The fourth-order valence-electron chi connectivity index (χ4n) is 3.53. The molecule has 0 bridgehead atoms. The zero-order valence-corrected chi connectivity index (χ0v) is 16.0. The zero-order valence-electron chi connectivity index (χ0n) is 14.4. The first-order valence-electron chi connectivity index (χ1n) is 8.73. The number of likely N-dealkylation sites (tertiary alicyclic amines) is 1. The standard InChI is InChI=1S/C19H17BrF2N4O/c20-16-8-14(10-26-11-23-24-18(16)26)19(27)25-5-3-12(4-6-25)7-13-1-2-15(21)9-17(13)22/h1-2,8-12H,3-7H2. The van der Waals surface area contributed by atoms with Gasteiger partial charge in [0.1, 0.15) is 18.0 Å². The molecule has 0 atom stereocenters. The number of rotatable bonds is 3. The number of carbonyl (C=O) groups excluding carboxylic acids is 1. The first-order chi connectivity index (χ1) is 13.0. The number of carbonyl (C=O) groups is 1. The molecule has 1 aliphatic rings. The van der Waals surface area contributed by atoms with E-state index in [1.54, 1.807) is 23.0 Å². The summed E-state index contributed by atoms with van der Waals surface area (Å²) >= 11 is 3.42. The lowest BCUT2D eigenvalue weighted by molar-refractivity contribution is 0.0689. The number of fused-ring (bicyclic) bond motifs is 1. The van der Waals surface area contributed by atoms with Gasteiger partial charge in [-0.1, -0.05) is 6.07 Å². The highest BCUT2D eigenvalue weighted by atomic mass is 79.9. The maximum Gasteiger partial charge on any atom is 0.255 e. The molecule has 2 aromatic heterocycles. The molecular weight excluding hydrogens is 418 g/mol. The van der Waals surface area contributed by atoms with Gasteiger partial charge >= 0.3 is 0 Å². The number of pyridine rings is 1. The minimum atomic E-state index is -0.562. The van der Waals surface area contributed by atoms with E-state index in [1.165, 1.54) is 12.1 Å². The summed E-state index contributed by atoms with van der Waals surface area (Å²) in [7, 11) is 0. The summed E-state index contributed by atoms with van der Waals surface area (Å²) in [5.74, 6) is -0.827. The van der Waals surface area contributed by atoms with Crippen LogP contribution in [0.1, 0.15) is 28.8 Å². The Morgan fingerprint density at radius 2 is 2.00 bits per heavy atom. The van der Waals surface area contributed by atoms with Crippen LogP contribution >= 0.6 is 15.9 Å². The summed E-state index contributed by atoms with van der Waals surface area (Å²) < 4.78 is 29.3. The second kappa shape index (κ2) is 7.34. The average molecular weight is 435 g/mol.